The van der Waals surface area contributed by atoms with Crippen LogP contribution in [0.1, 0.15) is 46.5 Å². The summed E-state index contributed by atoms with van der Waals surface area (Å²) in [6.07, 6.45) is 5.14. The van der Waals surface area contributed by atoms with Gasteiger partial charge in [-0.25, -0.2) is 0 Å². The van der Waals surface area contributed by atoms with E-state index in [0.29, 0.717) is 6.04 Å². The van der Waals surface area contributed by atoms with Gasteiger partial charge in [0.15, 0.2) is 0 Å². The summed E-state index contributed by atoms with van der Waals surface area (Å²) in [5, 5.41) is 0.758. The average Bonchev–Trinajstić information content (AvgIpc) is 2.24. The van der Waals surface area contributed by atoms with Gasteiger partial charge in [-0.1, -0.05) is 26.7 Å². The Morgan fingerprint density at radius 2 is 2.12 bits per heavy atom. The third kappa shape index (κ3) is 3.39. The Kier molecular flexibility index (Phi) is 4.43. The molecule has 0 aromatic rings. The van der Waals surface area contributed by atoms with E-state index in [9.17, 15) is 0 Å². The lowest BCUT2D eigenvalue weighted by Crippen LogP contribution is -2.57. The monoisotopic (exact) mass is 256 g/mol. The van der Waals surface area contributed by atoms with E-state index in [1.807, 2.05) is 0 Å². The van der Waals surface area contributed by atoms with E-state index in [1.54, 1.807) is 0 Å². The molecule has 2 fully saturated rings. The van der Waals surface area contributed by atoms with Crippen LogP contribution in [0.3, 0.4) is 0 Å². The first-order chi connectivity index (χ1) is 8.00. The van der Waals surface area contributed by atoms with Crippen LogP contribution in [0.4, 0.5) is 0 Å². The fourth-order valence-corrected chi connectivity index (χ4v) is 4.63. The Balaban J connectivity index is 1.94. The number of hydrogen-bond acceptors (Lipinski definition) is 3. The molecular weight excluding hydrogens is 228 g/mol. The summed E-state index contributed by atoms with van der Waals surface area (Å²) in [5.41, 5.74) is 6.73. The van der Waals surface area contributed by atoms with Gasteiger partial charge in [0, 0.05) is 35.7 Å². The highest BCUT2D eigenvalue weighted by molar-refractivity contribution is 8.00. The molecule has 1 saturated heterocycles. The van der Waals surface area contributed by atoms with Gasteiger partial charge in [0.05, 0.1) is 0 Å². The first-order valence-electron chi connectivity index (χ1n) is 7.15. The molecule has 2 aliphatic rings. The van der Waals surface area contributed by atoms with Crippen LogP contribution in [0.25, 0.3) is 0 Å². The molecule has 3 heteroatoms. The predicted molar refractivity (Wildman–Crippen MR) is 77.5 cm³/mol. The van der Waals surface area contributed by atoms with E-state index in [1.165, 1.54) is 38.0 Å². The lowest BCUT2D eigenvalue weighted by molar-refractivity contribution is 0.123. The summed E-state index contributed by atoms with van der Waals surface area (Å²) < 4.78 is 0. The highest BCUT2D eigenvalue weighted by atomic mass is 32.2. The maximum Gasteiger partial charge on any atom is 0.0286 e. The molecule has 4 atom stereocenters. The second-order valence-electron chi connectivity index (χ2n) is 6.35. The maximum atomic E-state index is 6.64. The smallest absolute Gasteiger partial charge is 0.0286 e. The summed E-state index contributed by atoms with van der Waals surface area (Å²) in [6.45, 7) is 9.42. The molecule has 2 rings (SSSR count). The molecular formula is C14H28N2S. The summed E-state index contributed by atoms with van der Waals surface area (Å²) >= 11 is 2.11. The molecule has 2 nitrogen and oxygen atoms in total. The fourth-order valence-electron chi connectivity index (χ4n) is 3.47. The summed E-state index contributed by atoms with van der Waals surface area (Å²) in [6, 6.07) is 0.686. The van der Waals surface area contributed by atoms with Gasteiger partial charge in [0.1, 0.15) is 0 Å². The minimum Gasteiger partial charge on any atom is -0.324 e. The number of rotatable bonds is 2. The zero-order valence-electron chi connectivity index (χ0n) is 11.6. The molecule has 1 aliphatic heterocycles. The van der Waals surface area contributed by atoms with Crippen LogP contribution in [-0.4, -0.2) is 40.6 Å². The zero-order valence-corrected chi connectivity index (χ0v) is 12.4. The quantitative estimate of drug-likeness (QED) is 0.824. The van der Waals surface area contributed by atoms with Gasteiger partial charge in [-0.2, -0.15) is 11.8 Å². The van der Waals surface area contributed by atoms with Crippen molar-refractivity contribution < 1.29 is 0 Å². The molecule has 0 radical (unpaired) electrons. The SMILES string of the molecule is CC1CCCC(N)(CN2CCSC(C)C2C)C1. The lowest BCUT2D eigenvalue weighted by Gasteiger charge is -2.45. The minimum absolute atomic E-state index is 0.0909. The molecule has 17 heavy (non-hydrogen) atoms. The highest BCUT2D eigenvalue weighted by Crippen LogP contribution is 2.33. The molecule has 0 amide bonds. The van der Waals surface area contributed by atoms with Crippen LogP contribution >= 0.6 is 11.8 Å². The van der Waals surface area contributed by atoms with Crippen molar-refractivity contribution in [2.75, 3.05) is 18.8 Å². The fraction of sp³-hybridized carbons (Fsp3) is 1.00. The van der Waals surface area contributed by atoms with Crippen molar-refractivity contribution in [3.8, 4) is 0 Å². The molecule has 0 aromatic heterocycles. The van der Waals surface area contributed by atoms with E-state index in [2.05, 4.69) is 37.4 Å². The molecule has 0 spiro atoms. The van der Waals surface area contributed by atoms with Crippen LogP contribution in [0.15, 0.2) is 0 Å². The largest absolute Gasteiger partial charge is 0.324 e. The maximum absolute atomic E-state index is 6.64. The highest BCUT2D eigenvalue weighted by Gasteiger charge is 2.35. The van der Waals surface area contributed by atoms with Gasteiger partial charge in [-0.05, 0) is 25.7 Å². The first kappa shape index (κ1) is 13.7. The van der Waals surface area contributed by atoms with Gasteiger partial charge in [0.25, 0.3) is 0 Å². The Hall–Kier alpha value is 0.270. The topological polar surface area (TPSA) is 29.3 Å². The van der Waals surface area contributed by atoms with Crippen LogP contribution in [0.5, 0.6) is 0 Å². The second kappa shape index (κ2) is 5.50. The van der Waals surface area contributed by atoms with Crippen molar-refractivity contribution in [2.45, 2.75) is 63.3 Å². The van der Waals surface area contributed by atoms with E-state index < -0.39 is 0 Å². The lowest BCUT2D eigenvalue weighted by atomic mass is 9.76. The van der Waals surface area contributed by atoms with Crippen molar-refractivity contribution in [1.29, 1.82) is 0 Å². The zero-order chi connectivity index (χ0) is 12.5. The number of hydrogen-bond donors (Lipinski definition) is 1. The Morgan fingerprint density at radius 1 is 1.35 bits per heavy atom. The third-order valence-corrected chi connectivity index (χ3v) is 6.00. The minimum atomic E-state index is 0.0909. The Morgan fingerprint density at radius 3 is 2.82 bits per heavy atom. The van der Waals surface area contributed by atoms with Crippen molar-refractivity contribution >= 4 is 11.8 Å². The van der Waals surface area contributed by atoms with Crippen LogP contribution in [-0.2, 0) is 0 Å². The first-order valence-corrected chi connectivity index (χ1v) is 8.20. The van der Waals surface area contributed by atoms with Gasteiger partial charge in [0.2, 0.25) is 0 Å². The summed E-state index contributed by atoms with van der Waals surface area (Å²) in [7, 11) is 0. The standard InChI is InChI=1S/C14H28N2S/c1-11-5-4-6-14(15,9-11)10-16-7-8-17-13(3)12(16)2/h11-13H,4-10,15H2,1-3H3. The molecule has 2 N–H and O–H groups in total. The number of thioether (sulfide) groups is 1. The van der Waals surface area contributed by atoms with Crippen molar-refractivity contribution in [3.63, 3.8) is 0 Å². The van der Waals surface area contributed by atoms with Crippen molar-refractivity contribution in [1.82, 2.24) is 4.90 Å². The van der Waals surface area contributed by atoms with E-state index in [-0.39, 0.29) is 5.54 Å². The molecule has 0 aromatic carbocycles. The second-order valence-corrected chi connectivity index (χ2v) is 7.84. The van der Waals surface area contributed by atoms with Gasteiger partial charge < -0.3 is 5.73 Å². The molecule has 100 valence electrons. The summed E-state index contributed by atoms with van der Waals surface area (Å²) in [5.74, 6) is 2.09. The predicted octanol–water partition coefficient (Wildman–Crippen LogP) is 2.72. The van der Waals surface area contributed by atoms with Gasteiger partial charge >= 0.3 is 0 Å². The van der Waals surface area contributed by atoms with Gasteiger partial charge in [-0.15, -0.1) is 0 Å². The van der Waals surface area contributed by atoms with Crippen LogP contribution < -0.4 is 5.73 Å². The third-order valence-electron chi connectivity index (χ3n) is 4.66. The van der Waals surface area contributed by atoms with E-state index in [4.69, 9.17) is 5.73 Å². The van der Waals surface area contributed by atoms with E-state index in [0.717, 1.165) is 17.7 Å². The van der Waals surface area contributed by atoms with Crippen LogP contribution in [0, 0.1) is 5.92 Å². The van der Waals surface area contributed by atoms with Crippen molar-refractivity contribution in [3.05, 3.63) is 0 Å². The Bertz CT molecular complexity index is 259. The molecule has 0 bridgehead atoms. The van der Waals surface area contributed by atoms with Crippen LogP contribution in [0.2, 0.25) is 0 Å². The average molecular weight is 256 g/mol. The normalized spacial score (nSPS) is 44.8. The molecule has 1 saturated carbocycles. The Labute approximate surface area is 111 Å². The van der Waals surface area contributed by atoms with E-state index >= 15 is 0 Å². The number of nitrogens with zero attached hydrogens (tertiary/aromatic N) is 1. The molecule has 4 unspecified atom stereocenters. The van der Waals surface area contributed by atoms with Gasteiger partial charge in [-0.3, -0.25) is 4.90 Å². The van der Waals surface area contributed by atoms with Crippen molar-refractivity contribution in [2.24, 2.45) is 11.7 Å². The molecule has 1 heterocycles. The summed E-state index contributed by atoms with van der Waals surface area (Å²) in [4.78, 5) is 2.64. The number of nitrogens with two attached hydrogens (primary N) is 1. The molecule has 1 aliphatic carbocycles.